The lowest BCUT2D eigenvalue weighted by Gasteiger charge is -2.40. The first-order valence-corrected chi connectivity index (χ1v) is 7.27. The second-order valence-corrected chi connectivity index (χ2v) is 5.89. The van der Waals surface area contributed by atoms with Crippen molar-refractivity contribution in [3.8, 4) is 0 Å². The summed E-state index contributed by atoms with van der Waals surface area (Å²) in [5, 5.41) is 2.89. The smallest absolute Gasteiger partial charge is 0.269 e. The number of aromatic nitrogens is 1. The van der Waals surface area contributed by atoms with Crippen LogP contribution in [0.5, 0.6) is 0 Å². The van der Waals surface area contributed by atoms with Crippen molar-refractivity contribution in [2.75, 3.05) is 32.8 Å². The second kappa shape index (κ2) is 6.85. The van der Waals surface area contributed by atoms with E-state index in [-0.39, 0.29) is 22.7 Å². The fraction of sp³-hybridized carbons (Fsp3) is 0.533. The zero-order valence-electron chi connectivity index (χ0n) is 13.0. The van der Waals surface area contributed by atoms with Gasteiger partial charge in [0.15, 0.2) is 0 Å². The van der Waals surface area contributed by atoms with Crippen LogP contribution in [0, 0.1) is 0 Å². The topological polar surface area (TPSA) is 97.5 Å². The Hall–Kier alpha value is -1.99. The van der Waals surface area contributed by atoms with E-state index in [9.17, 15) is 9.59 Å². The van der Waals surface area contributed by atoms with Crippen molar-refractivity contribution >= 4 is 11.8 Å². The molecular formula is C15H22N4O3. The zero-order chi connectivity index (χ0) is 16.2. The van der Waals surface area contributed by atoms with E-state index in [0.717, 1.165) is 13.1 Å². The summed E-state index contributed by atoms with van der Waals surface area (Å²) in [6.45, 7) is 7.82. The number of nitrogens with one attached hydrogen (secondary N) is 1. The highest BCUT2D eigenvalue weighted by molar-refractivity contribution is 5.95. The number of primary amides is 1. The molecule has 1 aliphatic heterocycles. The summed E-state index contributed by atoms with van der Waals surface area (Å²) in [5.41, 5.74) is 5.53. The van der Waals surface area contributed by atoms with Gasteiger partial charge in [0.05, 0.1) is 18.8 Å². The third kappa shape index (κ3) is 4.02. The number of ether oxygens (including phenoxy) is 1. The molecule has 1 aliphatic rings. The zero-order valence-corrected chi connectivity index (χ0v) is 13.0. The van der Waals surface area contributed by atoms with E-state index in [0.29, 0.717) is 19.8 Å². The number of morpholine rings is 1. The third-order valence-electron chi connectivity index (χ3n) is 3.83. The van der Waals surface area contributed by atoms with E-state index >= 15 is 0 Å². The fourth-order valence-electron chi connectivity index (χ4n) is 2.34. The lowest BCUT2D eigenvalue weighted by molar-refractivity contribution is -0.00924. The van der Waals surface area contributed by atoms with Gasteiger partial charge in [0.2, 0.25) is 5.91 Å². The second-order valence-electron chi connectivity index (χ2n) is 5.89. The SMILES string of the molecule is CC(C)(CNC(=O)c1ccc(C(N)=O)cn1)N1CCOCC1. The van der Waals surface area contributed by atoms with Crippen molar-refractivity contribution in [2.24, 2.45) is 5.73 Å². The Morgan fingerprint density at radius 3 is 2.59 bits per heavy atom. The Bertz CT molecular complexity index is 536. The molecule has 0 spiro atoms. The third-order valence-corrected chi connectivity index (χ3v) is 3.83. The van der Waals surface area contributed by atoms with Gasteiger partial charge in [-0.3, -0.25) is 19.5 Å². The summed E-state index contributed by atoms with van der Waals surface area (Å²) >= 11 is 0. The first-order valence-electron chi connectivity index (χ1n) is 7.27. The van der Waals surface area contributed by atoms with Crippen molar-refractivity contribution in [1.29, 1.82) is 0 Å². The lowest BCUT2D eigenvalue weighted by Crippen LogP contribution is -2.55. The molecule has 2 amide bonds. The molecule has 0 aliphatic carbocycles. The first-order chi connectivity index (χ1) is 10.4. The van der Waals surface area contributed by atoms with Crippen molar-refractivity contribution in [2.45, 2.75) is 19.4 Å². The minimum Gasteiger partial charge on any atom is -0.379 e. The number of hydrogen-bond donors (Lipinski definition) is 2. The van der Waals surface area contributed by atoms with Gasteiger partial charge in [-0.15, -0.1) is 0 Å². The molecule has 2 heterocycles. The summed E-state index contributed by atoms with van der Waals surface area (Å²) in [6, 6.07) is 2.99. The molecule has 1 fully saturated rings. The van der Waals surface area contributed by atoms with Gasteiger partial charge >= 0.3 is 0 Å². The number of nitrogens with zero attached hydrogens (tertiary/aromatic N) is 2. The molecule has 0 unspecified atom stereocenters. The maximum Gasteiger partial charge on any atom is 0.269 e. The summed E-state index contributed by atoms with van der Waals surface area (Å²) in [7, 11) is 0. The van der Waals surface area contributed by atoms with Crippen LogP contribution < -0.4 is 11.1 Å². The molecule has 0 saturated carbocycles. The number of carbonyl (C=O) groups excluding carboxylic acids is 2. The molecule has 120 valence electrons. The standard InChI is InChI=1S/C15H22N4O3/c1-15(2,19-5-7-22-8-6-19)10-18-14(21)12-4-3-11(9-17-12)13(16)20/h3-4,9H,5-8,10H2,1-2H3,(H2,16,20)(H,18,21). The average molecular weight is 306 g/mol. The summed E-state index contributed by atoms with van der Waals surface area (Å²) < 4.78 is 5.34. The number of pyridine rings is 1. The largest absolute Gasteiger partial charge is 0.379 e. The number of carbonyl (C=O) groups is 2. The van der Waals surface area contributed by atoms with Crippen LogP contribution in [-0.2, 0) is 4.74 Å². The van der Waals surface area contributed by atoms with E-state index < -0.39 is 5.91 Å². The molecule has 1 aromatic rings. The van der Waals surface area contributed by atoms with Gasteiger partial charge in [-0.25, -0.2) is 0 Å². The minimum absolute atomic E-state index is 0.160. The van der Waals surface area contributed by atoms with Crippen molar-refractivity contribution in [3.63, 3.8) is 0 Å². The van der Waals surface area contributed by atoms with Crippen LogP contribution in [0.4, 0.5) is 0 Å². The van der Waals surface area contributed by atoms with Crippen LogP contribution in [0.2, 0.25) is 0 Å². The predicted octanol–water partition coefficient (Wildman–Crippen LogP) is 0.0211. The monoisotopic (exact) mass is 306 g/mol. The van der Waals surface area contributed by atoms with Gasteiger partial charge in [0.1, 0.15) is 5.69 Å². The van der Waals surface area contributed by atoms with Crippen LogP contribution in [0.3, 0.4) is 0 Å². The maximum absolute atomic E-state index is 12.1. The number of hydrogen-bond acceptors (Lipinski definition) is 5. The number of nitrogens with two attached hydrogens (primary N) is 1. The van der Waals surface area contributed by atoms with Crippen LogP contribution in [0.15, 0.2) is 18.3 Å². The van der Waals surface area contributed by atoms with Gasteiger partial charge in [0.25, 0.3) is 5.91 Å². The summed E-state index contributed by atoms with van der Waals surface area (Å²) in [6.07, 6.45) is 1.31. The molecule has 1 aromatic heterocycles. The van der Waals surface area contributed by atoms with Crippen molar-refractivity contribution in [1.82, 2.24) is 15.2 Å². The van der Waals surface area contributed by atoms with E-state index in [1.165, 1.54) is 18.3 Å². The molecule has 0 atom stereocenters. The molecule has 1 saturated heterocycles. The molecule has 3 N–H and O–H groups in total. The van der Waals surface area contributed by atoms with Gasteiger partial charge < -0.3 is 15.8 Å². The Morgan fingerprint density at radius 1 is 1.36 bits per heavy atom. The normalized spacial score (nSPS) is 16.3. The number of amides is 2. The number of rotatable bonds is 5. The Labute approximate surface area is 129 Å². The Morgan fingerprint density at radius 2 is 2.05 bits per heavy atom. The Kier molecular flexibility index (Phi) is 5.10. The Balaban J connectivity index is 1.92. The van der Waals surface area contributed by atoms with Crippen molar-refractivity contribution < 1.29 is 14.3 Å². The van der Waals surface area contributed by atoms with Crippen LogP contribution in [-0.4, -0.2) is 60.1 Å². The minimum atomic E-state index is -0.562. The molecule has 0 aromatic carbocycles. The van der Waals surface area contributed by atoms with E-state index in [4.69, 9.17) is 10.5 Å². The molecule has 7 nitrogen and oxygen atoms in total. The van der Waals surface area contributed by atoms with Gasteiger partial charge in [-0.05, 0) is 26.0 Å². The highest BCUT2D eigenvalue weighted by Crippen LogP contribution is 2.15. The van der Waals surface area contributed by atoms with E-state index in [1.807, 2.05) is 0 Å². The van der Waals surface area contributed by atoms with Gasteiger partial charge in [-0.2, -0.15) is 0 Å². The predicted molar refractivity (Wildman–Crippen MR) is 81.6 cm³/mol. The molecule has 7 heteroatoms. The highest BCUT2D eigenvalue weighted by Gasteiger charge is 2.28. The van der Waals surface area contributed by atoms with Gasteiger partial charge in [0, 0.05) is 31.4 Å². The molecule has 2 rings (SSSR count). The first kappa shape index (κ1) is 16.4. The molecule has 0 radical (unpaired) electrons. The van der Waals surface area contributed by atoms with Crippen LogP contribution >= 0.6 is 0 Å². The van der Waals surface area contributed by atoms with Crippen LogP contribution in [0.25, 0.3) is 0 Å². The lowest BCUT2D eigenvalue weighted by atomic mass is 10.0. The fourth-order valence-corrected chi connectivity index (χ4v) is 2.34. The average Bonchev–Trinajstić information content (AvgIpc) is 2.53. The van der Waals surface area contributed by atoms with E-state index in [1.54, 1.807) is 0 Å². The van der Waals surface area contributed by atoms with Gasteiger partial charge in [-0.1, -0.05) is 0 Å². The van der Waals surface area contributed by atoms with Crippen LogP contribution in [0.1, 0.15) is 34.7 Å². The van der Waals surface area contributed by atoms with Crippen molar-refractivity contribution in [3.05, 3.63) is 29.6 Å². The highest BCUT2D eigenvalue weighted by atomic mass is 16.5. The summed E-state index contributed by atoms with van der Waals surface area (Å²) in [4.78, 5) is 29.4. The molecular weight excluding hydrogens is 284 g/mol. The quantitative estimate of drug-likeness (QED) is 0.799. The summed E-state index contributed by atoms with van der Waals surface area (Å²) in [5.74, 6) is -0.828. The molecule has 22 heavy (non-hydrogen) atoms. The maximum atomic E-state index is 12.1. The van der Waals surface area contributed by atoms with E-state index in [2.05, 4.69) is 29.0 Å². The molecule has 0 bridgehead atoms.